The van der Waals surface area contributed by atoms with E-state index >= 15 is 0 Å². The minimum absolute atomic E-state index is 0.0677. The zero-order valence-electron chi connectivity index (χ0n) is 17.8. The van der Waals surface area contributed by atoms with Gasteiger partial charge in [-0.3, -0.25) is 9.13 Å². The summed E-state index contributed by atoms with van der Waals surface area (Å²) in [6.45, 7) is 8.18. The van der Waals surface area contributed by atoms with Gasteiger partial charge in [-0.05, 0) is 27.7 Å². The summed E-state index contributed by atoms with van der Waals surface area (Å²) in [6, 6.07) is 0. The maximum absolute atomic E-state index is 12.2. The maximum atomic E-state index is 12.2. The zero-order chi connectivity index (χ0) is 22.6. The van der Waals surface area contributed by atoms with E-state index in [0.717, 1.165) is 0 Å². The van der Waals surface area contributed by atoms with Crippen LogP contribution in [0.5, 0.6) is 0 Å². The molecule has 4 atom stereocenters. The highest BCUT2D eigenvalue weighted by Crippen LogP contribution is 2.60. The highest BCUT2D eigenvalue weighted by atomic mass is 32.2. The lowest BCUT2D eigenvalue weighted by atomic mass is 10.4. The van der Waals surface area contributed by atoms with E-state index < -0.39 is 25.5 Å². The summed E-state index contributed by atoms with van der Waals surface area (Å²) in [6.07, 6.45) is -0.538. The van der Waals surface area contributed by atoms with Crippen molar-refractivity contribution in [2.24, 2.45) is 0 Å². The fourth-order valence-corrected chi connectivity index (χ4v) is 9.45. The molecule has 10 nitrogen and oxygen atoms in total. The molecule has 2 heterocycles. The van der Waals surface area contributed by atoms with E-state index in [1.165, 1.54) is 23.5 Å². The van der Waals surface area contributed by atoms with Gasteiger partial charge in [0, 0.05) is 11.5 Å². The van der Waals surface area contributed by atoms with Crippen molar-refractivity contribution in [1.82, 2.24) is 0 Å². The van der Waals surface area contributed by atoms with E-state index in [1.54, 1.807) is 27.7 Å². The molecule has 0 aliphatic carbocycles. The highest BCUT2D eigenvalue weighted by Gasteiger charge is 2.43. The van der Waals surface area contributed by atoms with Crippen LogP contribution in [0.4, 0.5) is 0 Å². The molecule has 0 unspecified atom stereocenters. The second kappa shape index (κ2) is 14.9. The molecule has 0 aromatic rings. The molecule has 0 aromatic heterocycles. The summed E-state index contributed by atoms with van der Waals surface area (Å²) in [5.41, 5.74) is 0. The molecular weight excluding hydrogens is 478 g/mol. The molecule has 0 aromatic carbocycles. The molecule has 180 valence electrons. The number of aliphatic hydroxyl groups excluding tert-OH is 2. The predicted molar refractivity (Wildman–Crippen MR) is 118 cm³/mol. The number of hydrogen-bond acceptors (Lipinski definition) is 12. The Morgan fingerprint density at radius 3 is 1.23 bits per heavy atom. The Kier molecular flexibility index (Phi) is 14.3. The SMILES string of the molecule is CCOP(=O)(OCC)[C@@H]1O[C@@H](CO)CS1.CCOP(=O)(OCC)[C@@H]1O[C@H](CO)CS1. The average Bonchev–Trinajstić information content (AvgIpc) is 3.39. The van der Waals surface area contributed by atoms with Gasteiger partial charge >= 0.3 is 15.2 Å². The van der Waals surface area contributed by atoms with Gasteiger partial charge in [-0.15, -0.1) is 23.5 Å². The molecule has 0 amide bonds. The van der Waals surface area contributed by atoms with Crippen molar-refractivity contribution in [3.63, 3.8) is 0 Å². The molecule has 0 bridgehead atoms. The van der Waals surface area contributed by atoms with Gasteiger partial charge in [-0.2, -0.15) is 0 Å². The van der Waals surface area contributed by atoms with E-state index in [0.29, 0.717) is 37.9 Å². The van der Waals surface area contributed by atoms with Crippen LogP contribution in [0.1, 0.15) is 27.7 Å². The summed E-state index contributed by atoms with van der Waals surface area (Å²) in [5, 5.41) is 16.6. The van der Waals surface area contributed by atoms with Gasteiger partial charge < -0.3 is 37.8 Å². The van der Waals surface area contributed by atoms with Gasteiger partial charge in [0.1, 0.15) is 0 Å². The first-order valence-electron chi connectivity index (χ1n) is 9.85. The lowest BCUT2D eigenvalue weighted by molar-refractivity contribution is 0.0391. The molecule has 14 heteroatoms. The molecule has 2 aliphatic rings. The largest absolute Gasteiger partial charge is 0.394 e. The third-order valence-electron chi connectivity index (χ3n) is 3.63. The Hall–Kier alpha value is 0.840. The van der Waals surface area contributed by atoms with Crippen LogP contribution in [0, 0.1) is 0 Å². The number of hydrogen-bond donors (Lipinski definition) is 2. The summed E-state index contributed by atoms with van der Waals surface area (Å²) in [7, 11) is -6.38. The Balaban J connectivity index is 0.000000300. The molecule has 2 fully saturated rings. The van der Waals surface area contributed by atoms with Gasteiger partial charge in [0.25, 0.3) is 0 Å². The van der Waals surface area contributed by atoms with Crippen LogP contribution in [-0.4, -0.2) is 83.9 Å². The molecule has 2 rings (SSSR count). The van der Waals surface area contributed by atoms with E-state index in [9.17, 15) is 9.13 Å². The zero-order valence-corrected chi connectivity index (χ0v) is 21.3. The van der Waals surface area contributed by atoms with E-state index in [-0.39, 0.29) is 25.4 Å². The van der Waals surface area contributed by atoms with Crippen molar-refractivity contribution in [3.8, 4) is 0 Å². The summed E-state index contributed by atoms with van der Waals surface area (Å²) in [5.74, 6) is 1.23. The van der Waals surface area contributed by atoms with Gasteiger partial charge in [0.15, 0.2) is 0 Å². The minimum Gasteiger partial charge on any atom is -0.394 e. The highest BCUT2D eigenvalue weighted by molar-refractivity contribution is 8.05. The predicted octanol–water partition coefficient (Wildman–Crippen LogP) is 3.32. The molecule has 0 saturated carbocycles. The van der Waals surface area contributed by atoms with E-state index in [1.807, 2.05) is 0 Å². The quantitative estimate of drug-likeness (QED) is 0.372. The van der Waals surface area contributed by atoms with Crippen LogP contribution in [0.25, 0.3) is 0 Å². The van der Waals surface area contributed by atoms with Crippen molar-refractivity contribution in [1.29, 1.82) is 0 Å². The lowest BCUT2D eigenvalue weighted by Gasteiger charge is -2.21. The molecule has 2 saturated heterocycles. The van der Waals surface area contributed by atoms with Crippen LogP contribution in [0.15, 0.2) is 0 Å². The van der Waals surface area contributed by atoms with Crippen LogP contribution in [0.3, 0.4) is 0 Å². The van der Waals surface area contributed by atoms with E-state index in [2.05, 4.69) is 0 Å². The second-order valence-electron chi connectivity index (χ2n) is 5.91. The maximum Gasteiger partial charge on any atom is 0.369 e. The van der Waals surface area contributed by atoms with Gasteiger partial charge in [-0.1, -0.05) is 0 Å². The fourth-order valence-electron chi connectivity index (χ4n) is 2.43. The van der Waals surface area contributed by atoms with Crippen LogP contribution in [0.2, 0.25) is 0 Å². The third-order valence-corrected chi connectivity index (χ3v) is 11.7. The molecule has 30 heavy (non-hydrogen) atoms. The topological polar surface area (TPSA) is 130 Å². The molecule has 0 radical (unpaired) electrons. The van der Waals surface area contributed by atoms with Crippen molar-refractivity contribution >= 4 is 38.7 Å². The van der Waals surface area contributed by atoms with E-state index in [4.69, 9.17) is 37.8 Å². The summed E-state index contributed by atoms with van der Waals surface area (Å²) in [4.78, 5) is 0. The van der Waals surface area contributed by atoms with Crippen molar-refractivity contribution in [2.45, 2.75) is 50.3 Å². The minimum atomic E-state index is -3.19. The summed E-state index contributed by atoms with van der Waals surface area (Å²) < 4.78 is 55.8. The van der Waals surface area contributed by atoms with Crippen LogP contribution < -0.4 is 0 Å². The number of ether oxygens (including phenoxy) is 2. The first-order chi connectivity index (χ1) is 14.3. The Morgan fingerprint density at radius 1 is 0.733 bits per heavy atom. The monoisotopic (exact) mass is 512 g/mol. The number of thioether (sulfide) groups is 2. The smallest absolute Gasteiger partial charge is 0.369 e. The Labute approximate surface area is 187 Å². The lowest BCUT2D eigenvalue weighted by Crippen LogP contribution is -2.17. The van der Waals surface area contributed by atoms with Gasteiger partial charge in [-0.25, -0.2) is 0 Å². The molecular formula is C16H34O10P2S2. The van der Waals surface area contributed by atoms with Crippen LogP contribution in [-0.2, 0) is 36.7 Å². The van der Waals surface area contributed by atoms with Gasteiger partial charge in [0.2, 0.25) is 10.4 Å². The fraction of sp³-hybridized carbons (Fsp3) is 1.00. The normalized spacial score (nSPS) is 27.1. The van der Waals surface area contributed by atoms with Crippen molar-refractivity contribution < 1.29 is 46.9 Å². The third kappa shape index (κ3) is 8.65. The Morgan fingerprint density at radius 2 is 1.03 bits per heavy atom. The van der Waals surface area contributed by atoms with Crippen molar-refractivity contribution in [3.05, 3.63) is 0 Å². The molecule has 0 spiro atoms. The van der Waals surface area contributed by atoms with Crippen LogP contribution >= 0.6 is 38.7 Å². The first kappa shape index (κ1) is 28.9. The molecule has 2 N–H and O–H groups in total. The average molecular weight is 513 g/mol. The standard InChI is InChI=1S/2C8H17O5PS/c2*1-3-11-14(10,12-4-2)8-13-7(5-9)6-15-8/h2*7-9H,3-6H2,1-2H3/t7-,8+;7-,8-/m10/s1. The second-order valence-corrected chi connectivity index (χ2v) is 12.9. The molecule has 2 aliphatic heterocycles. The Bertz CT molecular complexity index is 502. The number of rotatable bonds is 12. The summed E-state index contributed by atoms with van der Waals surface area (Å²) >= 11 is 2.73. The van der Waals surface area contributed by atoms with Crippen molar-refractivity contribution in [2.75, 3.05) is 51.1 Å². The van der Waals surface area contributed by atoms with Gasteiger partial charge in [0.05, 0.1) is 51.8 Å². The first-order valence-corrected chi connectivity index (χ1v) is 15.2. The number of aliphatic hydroxyl groups is 2.